The number of ether oxygens (including phenoxy) is 1. The number of aromatic nitrogens is 2. The van der Waals surface area contributed by atoms with Gasteiger partial charge in [-0.2, -0.15) is 22.6 Å². The van der Waals surface area contributed by atoms with Gasteiger partial charge in [-0.1, -0.05) is 32.0 Å². The third kappa shape index (κ3) is 4.92. The predicted molar refractivity (Wildman–Crippen MR) is 120 cm³/mol. The molecular weight excluding hydrogens is 473 g/mol. The zero-order valence-electron chi connectivity index (χ0n) is 18.6. The fraction of sp³-hybridized carbons (Fsp3) is 0.273. The second-order valence-electron chi connectivity index (χ2n) is 7.06. The van der Waals surface area contributed by atoms with Crippen LogP contribution in [0.5, 0.6) is 5.75 Å². The summed E-state index contributed by atoms with van der Waals surface area (Å²) in [4.78, 5) is 12.8. The molecule has 34 heavy (non-hydrogen) atoms. The second kappa shape index (κ2) is 9.85. The molecule has 0 aliphatic rings. The molecule has 182 valence electrons. The predicted octanol–water partition coefficient (Wildman–Crippen LogP) is 4.18. The molecule has 0 fully saturated rings. The number of amides is 1. The van der Waals surface area contributed by atoms with Gasteiger partial charge in [-0.05, 0) is 30.3 Å². The maximum Gasteiger partial charge on any atom is 0.434 e. The van der Waals surface area contributed by atoms with Gasteiger partial charge in [0.2, 0.25) is 10.0 Å². The highest BCUT2D eigenvalue weighted by Gasteiger charge is 2.40. The van der Waals surface area contributed by atoms with Crippen molar-refractivity contribution in [2.24, 2.45) is 0 Å². The van der Waals surface area contributed by atoms with Crippen LogP contribution >= 0.6 is 0 Å². The first kappa shape index (κ1) is 25.2. The van der Waals surface area contributed by atoms with Crippen molar-refractivity contribution in [1.29, 1.82) is 0 Å². The fourth-order valence-corrected chi connectivity index (χ4v) is 4.88. The highest BCUT2D eigenvalue weighted by atomic mass is 32.2. The number of nitrogens with zero attached hydrogens (tertiary/aromatic N) is 3. The van der Waals surface area contributed by atoms with E-state index >= 15 is 0 Å². The lowest BCUT2D eigenvalue weighted by Gasteiger charge is -2.19. The van der Waals surface area contributed by atoms with E-state index < -0.39 is 33.4 Å². The van der Waals surface area contributed by atoms with Crippen LogP contribution in [-0.4, -0.2) is 48.6 Å². The van der Waals surface area contributed by atoms with Crippen molar-refractivity contribution in [3.8, 4) is 11.4 Å². The van der Waals surface area contributed by atoms with Gasteiger partial charge < -0.3 is 10.1 Å². The Morgan fingerprint density at radius 2 is 1.76 bits per heavy atom. The molecule has 0 saturated carbocycles. The number of halogens is 3. The molecule has 3 aromatic rings. The summed E-state index contributed by atoms with van der Waals surface area (Å²) >= 11 is 0. The van der Waals surface area contributed by atoms with Gasteiger partial charge in [0.05, 0.1) is 35.1 Å². The van der Waals surface area contributed by atoms with E-state index in [1.54, 1.807) is 32.0 Å². The molecule has 0 unspecified atom stereocenters. The van der Waals surface area contributed by atoms with E-state index in [1.807, 2.05) is 0 Å². The average Bonchev–Trinajstić information content (AvgIpc) is 3.26. The van der Waals surface area contributed by atoms with Gasteiger partial charge in [0.1, 0.15) is 5.75 Å². The lowest BCUT2D eigenvalue weighted by molar-refractivity contribution is -0.143. The third-order valence-corrected chi connectivity index (χ3v) is 7.09. The molecule has 2 aromatic carbocycles. The highest BCUT2D eigenvalue weighted by Crippen LogP contribution is 2.35. The summed E-state index contributed by atoms with van der Waals surface area (Å²) in [5.41, 5.74) is -1.96. The Hall–Kier alpha value is -3.38. The molecular formula is C22H23F3N4O4S. The number of nitrogens with one attached hydrogen (secondary N) is 1. The Labute approximate surface area is 195 Å². The van der Waals surface area contributed by atoms with E-state index in [2.05, 4.69) is 10.4 Å². The van der Waals surface area contributed by atoms with Crippen LogP contribution < -0.4 is 10.1 Å². The summed E-state index contributed by atoms with van der Waals surface area (Å²) in [7, 11) is -2.59. The first-order valence-corrected chi connectivity index (χ1v) is 11.7. The van der Waals surface area contributed by atoms with Crippen LogP contribution in [-0.2, 0) is 16.2 Å². The molecule has 1 aromatic heterocycles. The number of carbonyl (C=O) groups is 1. The SMILES string of the molecule is CCN(CC)S(=O)(=O)c1ccc(OC)c(NC(=O)c2cnn(-c3ccccc3)c2C(F)(F)F)c1. The number of methoxy groups -OCH3 is 1. The van der Waals surface area contributed by atoms with E-state index in [-0.39, 0.29) is 35.1 Å². The maximum atomic E-state index is 13.9. The van der Waals surface area contributed by atoms with Gasteiger partial charge in [0.15, 0.2) is 5.69 Å². The summed E-state index contributed by atoms with van der Waals surface area (Å²) < 4.78 is 74.5. The van der Waals surface area contributed by atoms with Gasteiger partial charge >= 0.3 is 6.18 Å². The van der Waals surface area contributed by atoms with E-state index in [1.165, 1.54) is 35.7 Å². The highest BCUT2D eigenvalue weighted by molar-refractivity contribution is 7.89. The number of carbonyl (C=O) groups excluding carboxylic acids is 1. The van der Waals surface area contributed by atoms with E-state index in [9.17, 15) is 26.4 Å². The molecule has 0 aliphatic carbocycles. The Bertz CT molecular complexity index is 1270. The molecule has 1 N–H and O–H groups in total. The van der Waals surface area contributed by atoms with Crippen LogP contribution in [0.25, 0.3) is 5.69 Å². The van der Waals surface area contributed by atoms with Crippen molar-refractivity contribution < 1.29 is 31.1 Å². The summed E-state index contributed by atoms with van der Waals surface area (Å²) in [6.07, 6.45) is -4.08. The maximum absolute atomic E-state index is 13.9. The molecule has 0 spiro atoms. The van der Waals surface area contributed by atoms with Gasteiger partial charge in [0, 0.05) is 13.1 Å². The lowest BCUT2D eigenvalue weighted by Crippen LogP contribution is -2.30. The number of anilines is 1. The molecule has 12 heteroatoms. The number of alkyl halides is 3. The Kier molecular flexibility index (Phi) is 7.32. The summed E-state index contributed by atoms with van der Waals surface area (Å²) in [5.74, 6) is -1.04. The van der Waals surface area contributed by atoms with E-state index in [0.717, 1.165) is 12.3 Å². The number of sulfonamides is 1. The minimum absolute atomic E-state index is 0.0795. The van der Waals surface area contributed by atoms with Crippen LogP contribution in [0, 0.1) is 0 Å². The van der Waals surface area contributed by atoms with Crippen molar-refractivity contribution >= 4 is 21.6 Å². The summed E-state index contributed by atoms with van der Waals surface area (Å²) in [6, 6.07) is 11.4. The van der Waals surface area contributed by atoms with Crippen molar-refractivity contribution in [1.82, 2.24) is 14.1 Å². The number of benzene rings is 2. The minimum atomic E-state index is -4.89. The van der Waals surface area contributed by atoms with Crippen molar-refractivity contribution in [2.75, 3.05) is 25.5 Å². The Morgan fingerprint density at radius 3 is 2.32 bits per heavy atom. The van der Waals surface area contributed by atoms with Gasteiger partial charge in [-0.15, -0.1) is 0 Å². The first-order valence-electron chi connectivity index (χ1n) is 10.2. The zero-order valence-corrected chi connectivity index (χ0v) is 19.4. The minimum Gasteiger partial charge on any atom is -0.495 e. The topological polar surface area (TPSA) is 93.5 Å². The number of hydrogen-bond donors (Lipinski definition) is 1. The summed E-state index contributed by atoms with van der Waals surface area (Å²) in [5, 5.41) is 6.10. The standard InChI is InChI=1S/C22H23F3N4O4S/c1-4-28(5-2)34(31,32)16-11-12-19(33-3)18(13-16)27-21(30)17-14-26-29(20(17)22(23,24)25)15-9-7-6-8-10-15/h6-14H,4-5H2,1-3H3,(H,27,30). The number of para-hydroxylation sites is 1. The summed E-state index contributed by atoms with van der Waals surface area (Å²) in [6.45, 7) is 3.80. The molecule has 0 aliphatic heterocycles. The molecule has 3 rings (SSSR count). The van der Waals surface area contributed by atoms with Crippen molar-refractivity contribution in [3.05, 3.63) is 66.0 Å². The lowest BCUT2D eigenvalue weighted by atomic mass is 10.2. The van der Waals surface area contributed by atoms with Crippen LogP contribution in [0.4, 0.5) is 18.9 Å². The smallest absolute Gasteiger partial charge is 0.434 e. The zero-order chi connectivity index (χ0) is 25.1. The molecule has 1 heterocycles. The van der Waals surface area contributed by atoms with E-state index in [0.29, 0.717) is 4.68 Å². The Morgan fingerprint density at radius 1 is 1.12 bits per heavy atom. The van der Waals surface area contributed by atoms with Crippen LogP contribution in [0.2, 0.25) is 0 Å². The van der Waals surface area contributed by atoms with Crippen LogP contribution in [0.3, 0.4) is 0 Å². The van der Waals surface area contributed by atoms with Crippen LogP contribution in [0.1, 0.15) is 29.9 Å². The van der Waals surface area contributed by atoms with Crippen LogP contribution in [0.15, 0.2) is 59.6 Å². The second-order valence-corrected chi connectivity index (χ2v) is 9.00. The molecule has 0 radical (unpaired) electrons. The number of hydrogen-bond acceptors (Lipinski definition) is 5. The van der Waals surface area contributed by atoms with Crippen molar-refractivity contribution in [3.63, 3.8) is 0 Å². The fourth-order valence-electron chi connectivity index (χ4n) is 3.40. The van der Waals surface area contributed by atoms with E-state index in [4.69, 9.17) is 4.74 Å². The van der Waals surface area contributed by atoms with Gasteiger partial charge in [0.25, 0.3) is 5.91 Å². The van der Waals surface area contributed by atoms with Gasteiger partial charge in [-0.25, -0.2) is 13.1 Å². The number of rotatable bonds is 8. The largest absolute Gasteiger partial charge is 0.495 e. The quantitative estimate of drug-likeness (QED) is 0.505. The average molecular weight is 497 g/mol. The Balaban J connectivity index is 2.04. The molecule has 0 saturated heterocycles. The van der Waals surface area contributed by atoms with Gasteiger partial charge in [-0.3, -0.25) is 4.79 Å². The third-order valence-electron chi connectivity index (χ3n) is 5.05. The van der Waals surface area contributed by atoms with Crippen molar-refractivity contribution in [2.45, 2.75) is 24.9 Å². The molecule has 8 nitrogen and oxygen atoms in total. The molecule has 0 bridgehead atoms. The molecule has 0 atom stereocenters. The normalized spacial score (nSPS) is 12.1. The monoisotopic (exact) mass is 496 g/mol. The first-order chi connectivity index (χ1) is 16.0. The molecule has 1 amide bonds.